The van der Waals surface area contributed by atoms with E-state index < -0.39 is 6.10 Å². The van der Waals surface area contributed by atoms with Crippen molar-refractivity contribution in [2.24, 2.45) is 0 Å². The molecule has 0 saturated carbocycles. The molecule has 0 radical (unpaired) electrons. The van der Waals surface area contributed by atoms with Crippen LogP contribution >= 0.6 is 38.9 Å². The molecule has 0 aliphatic rings. The number of benzene rings is 1. The Kier molecular flexibility index (Phi) is 3.70. The number of aryl methyl sites for hydroxylation is 1. The number of halogens is 2. The third kappa shape index (κ3) is 2.33. The largest absolute Gasteiger partial charge is 0.383 e. The Labute approximate surface area is 112 Å². The molecule has 0 amide bonds. The van der Waals surface area contributed by atoms with Gasteiger partial charge in [-0.3, -0.25) is 0 Å². The molecule has 0 saturated heterocycles. The van der Waals surface area contributed by atoms with Crippen molar-refractivity contribution >= 4 is 38.9 Å². The van der Waals surface area contributed by atoms with Gasteiger partial charge in [0.15, 0.2) is 0 Å². The van der Waals surface area contributed by atoms with E-state index in [9.17, 15) is 5.11 Å². The summed E-state index contributed by atoms with van der Waals surface area (Å²) in [6.45, 7) is 2.00. The monoisotopic (exact) mass is 316 g/mol. The minimum Gasteiger partial charge on any atom is -0.383 e. The van der Waals surface area contributed by atoms with Crippen LogP contribution in [0, 0.1) is 6.92 Å². The maximum atomic E-state index is 10.3. The highest BCUT2D eigenvalue weighted by molar-refractivity contribution is 9.10. The van der Waals surface area contributed by atoms with Gasteiger partial charge in [0.1, 0.15) is 6.10 Å². The van der Waals surface area contributed by atoms with Crippen molar-refractivity contribution in [2.45, 2.75) is 13.0 Å². The summed E-state index contributed by atoms with van der Waals surface area (Å²) >= 11 is 10.9. The summed E-state index contributed by atoms with van der Waals surface area (Å²) in [6, 6.07) is 7.70. The molecule has 1 N–H and O–H groups in total. The van der Waals surface area contributed by atoms with Crippen molar-refractivity contribution < 1.29 is 5.11 Å². The molecular formula is C12H10BrClOS. The molecule has 0 fully saturated rings. The number of hydrogen-bond donors (Lipinski definition) is 1. The van der Waals surface area contributed by atoms with Gasteiger partial charge in [0.25, 0.3) is 0 Å². The van der Waals surface area contributed by atoms with Crippen molar-refractivity contribution in [3.63, 3.8) is 0 Å². The molecular weight excluding hydrogens is 308 g/mol. The summed E-state index contributed by atoms with van der Waals surface area (Å²) in [4.78, 5) is 0.785. The van der Waals surface area contributed by atoms with Crippen LogP contribution in [0.25, 0.3) is 0 Å². The number of hydrogen-bond acceptors (Lipinski definition) is 2. The second-order valence-corrected chi connectivity index (χ2v) is 5.77. The van der Waals surface area contributed by atoms with E-state index in [1.54, 1.807) is 6.07 Å². The third-order valence-corrected chi connectivity index (χ3v) is 4.47. The van der Waals surface area contributed by atoms with E-state index in [-0.39, 0.29) is 0 Å². The number of thiophene rings is 1. The molecule has 0 aliphatic carbocycles. The van der Waals surface area contributed by atoms with Crippen LogP contribution in [-0.2, 0) is 0 Å². The Morgan fingerprint density at radius 1 is 1.38 bits per heavy atom. The Hall–Kier alpha value is -0.350. The molecule has 1 nitrogen and oxygen atoms in total. The van der Waals surface area contributed by atoms with E-state index in [0.717, 1.165) is 20.5 Å². The van der Waals surface area contributed by atoms with Crippen molar-refractivity contribution in [3.8, 4) is 0 Å². The Morgan fingerprint density at radius 2 is 2.12 bits per heavy atom. The van der Waals surface area contributed by atoms with Crippen LogP contribution in [0.4, 0.5) is 0 Å². The van der Waals surface area contributed by atoms with Crippen molar-refractivity contribution in [1.29, 1.82) is 0 Å². The maximum Gasteiger partial charge on any atom is 0.116 e. The van der Waals surface area contributed by atoms with Gasteiger partial charge in [0, 0.05) is 10.0 Å². The van der Waals surface area contributed by atoms with Crippen LogP contribution in [-0.4, -0.2) is 5.11 Å². The first-order valence-corrected chi connectivity index (χ1v) is 6.81. The summed E-state index contributed by atoms with van der Waals surface area (Å²) < 4.78 is 0.898. The standard InChI is InChI=1S/C12H10BrClOS/c1-7-2-3-9(13)8(6-7)11(15)12-10(14)4-5-16-12/h2-6,11,15H,1H3. The molecule has 0 aliphatic heterocycles. The molecule has 0 bridgehead atoms. The lowest BCUT2D eigenvalue weighted by Crippen LogP contribution is -1.99. The predicted octanol–water partition coefficient (Wildman–Crippen LogP) is 4.55. The summed E-state index contributed by atoms with van der Waals surface area (Å²) in [5.41, 5.74) is 1.97. The second kappa shape index (κ2) is 4.88. The highest BCUT2D eigenvalue weighted by Gasteiger charge is 2.17. The molecule has 0 spiro atoms. The SMILES string of the molecule is Cc1ccc(Br)c(C(O)c2sccc2Cl)c1. The van der Waals surface area contributed by atoms with Crippen molar-refractivity contribution in [3.05, 3.63) is 55.1 Å². The Bertz CT molecular complexity index is 509. The third-order valence-electron chi connectivity index (χ3n) is 2.34. The number of aliphatic hydroxyl groups excluding tert-OH is 1. The van der Waals surface area contributed by atoms with E-state index >= 15 is 0 Å². The smallest absolute Gasteiger partial charge is 0.116 e. The Balaban J connectivity index is 2.45. The van der Waals surface area contributed by atoms with Gasteiger partial charge in [-0.1, -0.05) is 45.2 Å². The van der Waals surface area contributed by atoms with Crippen LogP contribution in [0.3, 0.4) is 0 Å². The average molecular weight is 318 g/mol. The first kappa shape index (κ1) is 12.1. The molecule has 2 rings (SSSR count). The summed E-state index contributed by atoms with van der Waals surface area (Å²) in [5, 5.41) is 12.8. The van der Waals surface area contributed by atoms with Crippen LogP contribution in [0.15, 0.2) is 34.1 Å². The lowest BCUT2D eigenvalue weighted by Gasteiger charge is -2.12. The molecule has 1 aromatic carbocycles. The summed E-state index contributed by atoms with van der Waals surface area (Å²) in [6.07, 6.45) is -0.665. The predicted molar refractivity (Wildman–Crippen MR) is 72.3 cm³/mol. The van der Waals surface area contributed by atoms with Gasteiger partial charge < -0.3 is 5.11 Å². The zero-order valence-electron chi connectivity index (χ0n) is 8.58. The van der Waals surface area contributed by atoms with E-state index in [2.05, 4.69) is 15.9 Å². The molecule has 4 heteroatoms. The summed E-state index contributed by atoms with van der Waals surface area (Å²) in [5.74, 6) is 0. The zero-order valence-corrected chi connectivity index (χ0v) is 11.7. The molecule has 1 atom stereocenters. The highest BCUT2D eigenvalue weighted by Crippen LogP contribution is 2.36. The Morgan fingerprint density at radius 3 is 2.75 bits per heavy atom. The van der Waals surface area contributed by atoms with E-state index in [1.165, 1.54) is 11.3 Å². The lowest BCUT2D eigenvalue weighted by atomic mass is 10.1. The topological polar surface area (TPSA) is 20.2 Å². The van der Waals surface area contributed by atoms with Gasteiger partial charge in [-0.05, 0) is 24.4 Å². The second-order valence-electron chi connectivity index (χ2n) is 3.56. The molecule has 1 heterocycles. The van der Waals surface area contributed by atoms with E-state index in [4.69, 9.17) is 11.6 Å². The lowest BCUT2D eigenvalue weighted by molar-refractivity contribution is 0.223. The van der Waals surface area contributed by atoms with Crippen LogP contribution in [0.2, 0.25) is 5.02 Å². The highest BCUT2D eigenvalue weighted by atomic mass is 79.9. The fourth-order valence-corrected chi connectivity index (χ4v) is 3.14. The average Bonchev–Trinajstić information content (AvgIpc) is 2.67. The first-order valence-electron chi connectivity index (χ1n) is 4.76. The van der Waals surface area contributed by atoms with Gasteiger partial charge in [-0.25, -0.2) is 0 Å². The van der Waals surface area contributed by atoms with E-state index in [1.807, 2.05) is 30.5 Å². The minimum atomic E-state index is -0.665. The quantitative estimate of drug-likeness (QED) is 0.861. The van der Waals surface area contributed by atoms with Crippen LogP contribution in [0.5, 0.6) is 0 Å². The van der Waals surface area contributed by atoms with Crippen LogP contribution < -0.4 is 0 Å². The first-order chi connectivity index (χ1) is 7.59. The van der Waals surface area contributed by atoms with Crippen LogP contribution in [0.1, 0.15) is 22.1 Å². The van der Waals surface area contributed by atoms with Gasteiger partial charge >= 0.3 is 0 Å². The molecule has 2 aromatic rings. The van der Waals surface area contributed by atoms with Gasteiger partial charge in [-0.15, -0.1) is 11.3 Å². The van der Waals surface area contributed by atoms with E-state index in [0.29, 0.717) is 5.02 Å². The molecule has 1 unspecified atom stereocenters. The van der Waals surface area contributed by atoms with Crippen molar-refractivity contribution in [1.82, 2.24) is 0 Å². The zero-order chi connectivity index (χ0) is 11.7. The van der Waals surface area contributed by atoms with Gasteiger partial charge in [0.05, 0.1) is 9.90 Å². The maximum absolute atomic E-state index is 10.3. The molecule has 16 heavy (non-hydrogen) atoms. The molecule has 1 aromatic heterocycles. The number of rotatable bonds is 2. The normalized spacial score (nSPS) is 12.8. The van der Waals surface area contributed by atoms with Gasteiger partial charge in [0.2, 0.25) is 0 Å². The van der Waals surface area contributed by atoms with Gasteiger partial charge in [-0.2, -0.15) is 0 Å². The fourth-order valence-electron chi connectivity index (χ4n) is 1.51. The summed E-state index contributed by atoms with van der Waals surface area (Å²) in [7, 11) is 0. The fraction of sp³-hybridized carbons (Fsp3) is 0.167. The molecule has 84 valence electrons. The minimum absolute atomic E-state index is 0.617. The van der Waals surface area contributed by atoms with Crippen molar-refractivity contribution in [2.75, 3.05) is 0 Å². The number of aliphatic hydroxyl groups is 1.